The van der Waals surface area contributed by atoms with Crippen LogP contribution in [0.15, 0.2) is 60.8 Å². The van der Waals surface area contributed by atoms with Gasteiger partial charge in [0.25, 0.3) is 0 Å². The van der Waals surface area contributed by atoms with E-state index in [4.69, 9.17) is 4.74 Å². The normalized spacial score (nSPS) is 11.8. The van der Waals surface area contributed by atoms with Crippen molar-refractivity contribution in [3.8, 4) is 17.0 Å². The third-order valence-corrected chi connectivity index (χ3v) is 3.49. The maximum atomic E-state index is 12.5. The quantitative estimate of drug-likeness (QED) is 0.713. The van der Waals surface area contributed by atoms with Gasteiger partial charge in [0.15, 0.2) is 0 Å². The number of benzene rings is 1. The highest BCUT2D eigenvalue weighted by Crippen LogP contribution is 2.24. The number of hydrogen-bond donors (Lipinski definition) is 0. The minimum Gasteiger partial charge on any atom is -0.489 e. The van der Waals surface area contributed by atoms with Crippen molar-refractivity contribution in [2.45, 2.75) is 13.3 Å². The predicted octanol–water partition coefficient (Wildman–Crippen LogP) is 4.04. The molecule has 0 fully saturated rings. The van der Waals surface area contributed by atoms with Crippen molar-refractivity contribution in [1.29, 1.82) is 0 Å². The molecule has 1 aromatic carbocycles. The summed E-state index contributed by atoms with van der Waals surface area (Å²) in [4.78, 5) is 4.35. The van der Waals surface area contributed by atoms with Gasteiger partial charge in [-0.2, -0.15) is 5.10 Å². The highest BCUT2D eigenvalue weighted by molar-refractivity contribution is 5.76. The van der Waals surface area contributed by atoms with Crippen LogP contribution in [0.4, 0.5) is 4.39 Å². The number of hydrogen-bond acceptors (Lipinski definition) is 3. The van der Waals surface area contributed by atoms with Crippen LogP contribution in [0.5, 0.6) is 5.75 Å². The van der Waals surface area contributed by atoms with E-state index in [-0.39, 0.29) is 6.61 Å². The zero-order valence-corrected chi connectivity index (χ0v) is 12.2. The first-order valence-electron chi connectivity index (χ1n) is 7.11. The van der Waals surface area contributed by atoms with Gasteiger partial charge < -0.3 is 4.74 Å². The van der Waals surface area contributed by atoms with E-state index in [0.717, 1.165) is 16.8 Å². The van der Waals surface area contributed by atoms with Gasteiger partial charge in [-0.25, -0.2) is 13.9 Å². The molecule has 0 unspecified atom stereocenters. The number of aromatic nitrogens is 3. The van der Waals surface area contributed by atoms with E-state index in [0.29, 0.717) is 24.1 Å². The summed E-state index contributed by atoms with van der Waals surface area (Å²) in [5.41, 5.74) is 3.43. The van der Waals surface area contributed by atoms with Gasteiger partial charge in [-0.15, -0.1) is 0 Å². The van der Waals surface area contributed by atoms with Crippen LogP contribution in [0.3, 0.4) is 0 Å². The highest BCUT2D eigenvalue weighted by Gasteiger charge is 2.06. The number of halogens is 1. The molecular weight excluding hydrogens is 281 g/mol. The molecule has 3 aromatic rings. The Labute approximate surface area is 127 Å². The molecule has 0 aliphatic rings. The molecule has 0 spiro atoms. The van der Waals surface area contributed by atoms with Gasteiger partial charge in [-0.3, -0.25) is 0 Å². The number of nitrogens with zero attached hydrogens (tertiary/aromatic N) is 3. The zero-order chi connectivity index (χ0) is 15.4. The maximum absolute atomic E-state index is 12.5. The van der Waals surface area contributed by atoms with E-state index >= 15 is 0 Å². The average molecular weight is 297 g/mol. The average Bonchev–Trinajstić information content (AvgIpc) is 3.05. The van der Waals surface area contributed by atoms with E-state index in [1.165, 1.54) is 6.33 Å². The molecule has 3 rings (SSSR count). The van der Waals surface area contributed by atoms with Crippen molar-refractivity contribution in [2.75, 3.05) is 6.61 Å². The predicted molar refractivity (Wildman–Crippen MR) is 83.4 cm³/mol. The Morgan fingerprint density at radius 3 is 2.82 bits per heavy atom. The summed E-state index contributed by atoms with van der Waals surface area (Å²) < 4.78 is 19.9. The smallest absolute Gasteiger partial charge is 0.137 e. The Balaban J connectivity index is 1.81. The van der Waals surface area contributed by atoms with Crippen molar-refractivity contribution < 1.29 is 9.13 Å². The van der Waals surface area contributed by atoms with Gasteiger partial charge in [0, 0.05) is 11.8 Å². The van der Waals surface area contributed by atoms with Crippen LogP contribution in [0, 0.1) is 0 Å². The lowest BCUT2D eigenvalue weighted by molar-refractivity contribution is 0.345. The van der Waals surface area contributed by atoms with Crippen molar-refractivity contribution in [1.82, 2.24) is 14.6 Å². The first kappa shape index (κ1) is 14.3. The van der Waals surface area contributed by atoms with E-state index in [1.807, 2.05) is 49.5 Å². The minimum atomic E-state index is 0.267. The molecule has 2 aromatic heterocycles. The molecule has 5 heteroatoms. The summed E-state index contributed by atoms with van der Waals surface area (Å²) >= 11 is 0. The molecule has 0 atom stereocenters. The summed E-state index contributed by atoms with van der Waals surface area (Å²) in [6.45, 7) is 2.17. The topological polar surface area (TPSA) is 39.4 Å². The molecule has 0 saturated heterocycles. The summed E-state index contributed by atoms with van der Waals surface area (Å²) in [6, 6.07) is 11.5. The fourth-order valence-electron chi connectivity index (χ4n) is 2.18. The second-order valence-corrected chi connectivity index (χ2v) is 4.88. The van der Waals surface area contributed by atoms with Crippen LogP contribution >= 0.6 is 0 Å². The molecule has 22 heavy (non-hydrogen) atoms. The standard InChI is InChI=1S/C17H16FN3O/c1-2-13(10-18)11-22-15-7-5-14(6-8-15)17-16-4-3-9-21(16)20-12-19-17/h3-10,12H,2,11H2,1H3. The van der Waals surface area contributed by atoms with Crippen LogP contribution < -0.4 is 4.74 Å². The van der Waals surface area contributed by atoms with Crippen molar-refractivity contribution in [3.63, 3.8) is 0 Å². The van der Waals surface area contributed by atoms with Gasteiger partial charge in [0.05, 0.1) is 17.5 Å². The fourth-order valence-corrected chi connectivity index (χ4v) is 2.18. The van der Waals surface area contributed by atoms with Crippen LogP contribution in [0.2, 0.25) is 0 Å². The molecule has 0 N–H and O–H groups in total. The third kappa shape index (κ3) is 2.83. The summed E-state index contributed by atoms with van der Waals surface area (Å²) in [5.74, 6) is 0.706. The molecule has 4 nitrogen and oxygen atoms in total. The molecule has 0 radical (unpaired) electrons. The second-order valence-electron chi connectivity index (χ2n) is 4.88. The molecule has 0 saturated carbocycles. The fraction of sp³-hybridized carbons (Fsp3) is 0.176. The number of fused-ring (bicyclic) bond motifs is 1. The van der Waals surface area contributed by atoms with Crippen LogP contribution in [0.1, 0.15) is 13.3 Å². The molecule has 112 valence electrons. The molecule has 0 aliphatic heterocycles. The van der Waals surface area contributed by atoms with Crippen LogP contribution in [-0.2, 0) is 0 Å². The monoisotopic (exact) mass is 297 g/mol. The van der Waals surface area contributed by atoms with Crippen molar-refractivity contribution in [3.05, 3.63) is 60.8 Å². The van der Waals surface area contributed by atoms with Crippen molar-refractivity contribution in [2.24, 2.45) is 0 Å². The van der Waals surface area contributed by atoms with Gasteiger partial charge >= 0.3 is 0 Å². The molecular formula is C17H16FN3O. The lowest BCUT2D eigenvalue weighted by Crippen LogP contribution is -2.00. The van der Waals surface area contributed by atoms with Gasteiger partial charge in [0.1, 0.15) is 18.7 Å². The Hall–Kier alpha value is -2.69. The summed E-state index contributed by atoms with van der Waals surface area (Å²) in [7, 11) is 0. The molecule has 0 bridgehead atoms. The highest BCUT2D eigenvalue weighted by atomic mass is 19.1. The van der Waals surface area contributed by atoms with E-state index < -0.39 is 0 Å². The maximum Gasteiger partial charge on any atom is 0.137 e. The van der Waals surface area contributed by atoms with E-state index in [2.05, 4.69) is 10.1 Å². The molecule has 0 amide bonds. The first-order valence-corrected chi connectivity index (χ1v) is 7.11. The van der Waals surface area contributed by atoms with Crippen molar-refractivity contribution >= 4 is 5.52 Å². The van der Waals surface area contributed by atoms with Gasteiger partial charge in [0.2, 0.25) is 0 Å². The Bertz CT molecular complexity index is 793. The zero-order valence-electron chi connectivity index (χ0n) is 12.2. The van der Waals surface area contributed by atoms with Crippen LogP contribution in [-0.4, -0.2) is 21.2 Å². The summed E-state index contributed by atoms with van der Waals surface area (Å²) in [6.07, 6.45) is 4.67. The molecule has 2 heterocycles. The van der Waals surface area contributed by atoms with Gasteiger partial charge in [-0.1, -0.05) is 6.92 Å². The lowest BCUT2D eigenvalue weighted by atomic mass is 10.1. The van der Waals surface area contributed by atoms with E-state index in [9.17, 15) is 4.39 Å². The molecule has 0 aliphatic carbocycles. The third-order valence-electron chi connectivity index (χ3n) is 3.49. The lowest BCUT2D eigenvalue weighted by Gasteiger charge is -2.08. The Kier molecular flexibility index (Phi) is 4.14. The minimum absolute atomic E-state index is 0.267. The summed E-state index contributed by atoms with van der Waals surface area (Å²) in [5, 5.41) is 4.15. The number of rotatable bonds is 5. The first-order chi connectivity index (χ1) is 10.8. The number of ether oxygens (including phenoxy) is 1. The van der Waals surface area contributed by atoms with Gasteiger partial charge in [-0.05, 0) is 48.4 Å². The largest absolute Gasteiger partial charge is 0.489 e. The SMILES string of the molecule is CCC(=CF)COc1ccc(-c2ncnn3cccc23)cc1. The Morgan fingerprint density at radius 2 is 2.09 bits per heavy atom. The van der Waals surface area contributed by atoms with Crippen LogP contribution in [0.25, 0.3) is 16.8 Å². The van der Waals surface area contributed by atoms with E-state index in [1.54, 1.807) is 4.52 Å². The Morgan fingerprint density at radius 1 is 1.27 bits per heavy atom. The second kappa shape index (κ2) is 6.39.